The summed E-state index contributed by atoms with van der Waals surface area (Å²) < 4.78 is 0. The van der Waals surface area contributed by atoms with E-state index in [1.54, 1.807) is 30.5 Å². The number of halogens is 2. The first kappa shape index (κ1) is 20.4. The van der Waals surface area contributed by atoms with Crippen molar-refractivity contribution in [1.29, 1.82) is 0 Å². The Labute approximate surface area is 175 Å². The van der Waals surface area contributed by atoms with Crippen LogP contribution in [0.1, 0.15) is 49.2 Å². The van der Waals surface area contributed by atoms with Gasteiger partial charge in [-0.3, -0.25) is 4.79 Å². The number of rotatable bonds is 4. The lowest BCUT2D eigenvalue weighted by Gasteiger charge is -2.43. The summed E-state index contributed by atoms with van der Waals surface area (Å²) in [4.78, 5) is 14.5. The molecule has 146 valence electrons. The van der Waals surface area contributed by atoms with Gasteiger partial charge in [0.2, 0.25) is 0 Å². The first-order chi connectivity index (χ1) is 13.2. The molecule has 0 bridgehead atoms. The average Bonchev–Trinajstić information content (AvgIpc) is 2.62. The SMILES string of the molecule is CCN1c2cc(Cl)c(/C=N\NC(=O)c3ccc(Cl)cc3)cc2C(C)=CC1(C)C. The molecule has 0 unspecified atom stereocenters. The van der Waals surface area contributed by atoms with Crippen molar-refractivity contribution in [3.8, 4) is 0 Å². The minimum atomic E-state index is -0.308. The summed E-state index contributed by atoms with van der Waals surface area (Å²) in [5, 5.41) is 5.24. The number of amides is 1. The Kier molecular flexibility index (Phi) is 5.82. The molecule has 0 fully saturated rings. The number of benzene rings is 2. The zero-order valence-corrected chi connectivity index (χ0v) is 17.9. The predicted molar refractivity (Wildman–Crippen MR) is 119 cm³/mol. The maximum atomic E-state index is 12.2. The highest BCUT2D eigenvalue weighted by atomic mass is 35.5. The lowest BCUT2D eigenvalue weighted by atomic mass is 9.88. The number of nitrogens with zero attached hydrogens (tertiary/aromatic N) is 2. The van der Waals surface area contributed by atoms with Crippen molar-refractivity contribution >= 4 is 46.6 Å². The van der Waals surface area contributed by atoms with Crippen molar-refractivity contribution in [1.82, 2.24) is 5.43 Å². The maximum Gasteiger partial charge on any atom is 0.271 e. The van der Waals surface area contributed by atoms with E-state index in [1.165, 1.54) is 5.57 Å². The third-order valence-corrected chi connectivity index (χ3v) is 5.47. The van der Waals surface area contributed by atoms with Gasteiger partial charge in [0, 0.05) is 33.9 Å². The van der Waals surface area contributed by atoms with Crippen LogP contribution < -0.4 is 10.3 Å². The average molecular weight is 416 g/mol. The maximum absolute atomic E-state index is 12.2. The molecule has 0 saturated carbocycles. The molecule has 2 aromatic carbocycles. The molecule has 1 heterocycles. The van der Waals surface area contributed by atoms with Crippen LogP contribution in [0, 0.1) is 0 Å². The smallest absolute Gasteiger partial charge is 0.271 e. The third kappa shape index (κ3) is 4.08. The molecule has 0 aromatic heterocycles. The number of fused-ring (bicyclic) bond motifs is 1. The van der Waals surface area contributed by atoms with Crippen molar-refractivity contribution in [2.75, 3.05) is 11.4 Å². The zero-order valence-electron chi connectivity index (χ0n) is 16.4. The fourth-order valence-corrected chi connectivity index (χ4v) is 3.95. The number of carbonyl (C=O) groups is 1. The van der Waals surface area contributed by atoms with Crippen LogP contribution in [-0.4, -0.2) is 24.2 Å². The Morgan fingerprint density at radius 3 is 2.54 bits per heavy atom. The van der Waals surface area contributed by atoms with Crippen LogP contribution in [-0.2, 0) is 0 Å². The van der Waals surface area contributed by atoms with Gasteiger partial charge in [-0.05, 0) is 69.7 Å². The fourth-order valence-electron chi connectivity index (χ4n) is 3.62. The molecule has 6 heteroatoms. The Bertz CT molecular complexity index is 962. The number of nitrogens with one attached hydrogen (secondary N) is 1. The van der Waals surface area contributed by atoms with Gasteiger partial charge in [0.25, 0.3) is 5.91 Å². The lowest BCUT2D eigenvalue weighted by molar-refractivity contribution is 0.0955. The molecule has 0 atom stereocenters. The molecule has 1 amide bonds. The molecular weight excluding hydrogens is 393 g/mol. The summed E-state index contributed by atoms with van der Waals surface area (Å²) in [6.45, 7) is 9.50. The van der Waals surface area contributed by atoms with Crippen LogP contribution in [0.5, 0.6) is 0 Å². The minimum absolute atomic E-state index is 0.0721. The van der Waals surface area contributed by atoms with E-state index in [-0.39, 0.29) is 11.4 Å². The number of allylic oxidation sites excluding steroid dienone is 1. The van der Waals surface area contributed by atoms with Crippen LogP contribution in [0.25, 0.3) is 5.57 Å². The van der Waals surface area contributed by atoms with E-state index in [0.717, 1.165) is 23.4 Å². The summed E-state index contributed by atoms with van der Waals surface area (Å²) >= 11 is 12.4. The molecule has 2 aromatic rings. The van der Waals surface area contributed by atoms with Crippen LogP contribution in [0.15, 0.2) is 47.6 Å². The zero-order chi connectivity index (χ0) is 20.5. The second-order valence-electron chi connectivity index (χ2n) is 7.32. The first-order valence-corrected chi connectivity index (χ1v) is 9.88. The number of hydrogen-bond acceptors (Lipinski definition) is 3. The molecular formula is C22H23Cl2N3O. The summed E-state index contributed by atoms with van der Waals surface area (Å²) in [6.07, 6.45) is 3.83. The Morgan fingerprint density at radius 2 is 1.89 bits per heavy atom. The van der Waals surface area contributed by atoms with Gasteiger partial charge in [-0.25, -0.2) is 5.43 Å². The Morgan fingerprint density at radius 1 is 1.21 bits per heavy atom. The molecule has 28 heavy (non-hydrogen) atoms. The number of carbonyl (C=O) groups excluding carboxylic acids is 1. The van der Waals surface area contributed by atoms with Gasteiger partial charge in [-0.15, -0.1) is 0 Å². The molecule has 0 saturated heterocycles. The van der Waals surface area contributed by atoms with Crippen LogP contribution in [0.3, 0.4) is 0 Å². The highest BCUT2D eigenvalue weighted by molar-refractivity contribution is 6.33. The standard InChI is InChI=1S/C22H23Cl2N3O/c1-5-27-20-11-19(24)16(10-18(20)14(2)12-22(27,3)4)13-25-26-21(28)15-6-8-17(23)9-7-15/h6-13H,5H2,1-4H3,(H,26,28)/b25-13-. The molecule has 4 nitrogen and oxygen atoms in total. The largest absolute Gasteiger partial charge is 0.363 e. The van der Waals surface area contributed by atoms with Crippen LogP contribution in [0.2, 0.25) is 10.0 Å². The number of likely N-dealkylation sites (N-methyl/N-ethyl adjacent to an activating group) is 1. The summed E-state index contributed by atoms with van der Waals surface area (Å²) in [5.74, 6) is -0.308. The van der Waals surface area contributed by atoms with Crippen LogP contribution in [0.4, 0.5) is 5.69 Å². The molecule has 3 rings (SSSR count). The van der Waals surface area contributed by atoms with Crippen molar-refractivity contribution in [2.45, 2.75) is 33.2 Å². The van der Waals surface area contributed by atoms with E-state index < -0.39 is 0 Å². The number of hydrogen-bond donors (Lipinski definition) is 1. The van der Waals surface area contributed by atoms with Crippen molar-refractivity contribution in [3.63, 3.8) is 0 Å². The van der Waals surface area contributed by atoms with Crippen molar-refractivity contribution < 1.29 is 4.79 Å². The Balaban J connectivity index is 1.84. The lowest BCUT2D eigenvalue weighted by Crippen LogP contribution is -2.44. The molecule has 1 aliphatic heterocycles. The topological polar surface area (TPSA) is 44.7 Å². The first-order valence-electron chi connectivity index (χ1n) is 9.13. The van der Waals surface area contributed by atoms with Crippen molar-refractivity contribution in [3.05, 3.63) is 69.2 Å². The van der Waals surface area contributed by atoms with E-state index >= 15 is 0 Å². The molecule has 0 spiro atoms. The molecule has 1 aliphatic rings. The Hall–Kier alpha value is -2.30. The monoisotopic (exact) mass is 415 g/mol. The highest BCUT2D eigenvalue weighted by Crippen LogP contribution is 2.40. The second kappa shape index (κ2) is 7.98. The fraction of sp³-hybridized carbons (Fsp3) is 0.273. The highest BCUT2D eigenvalue weighted by Gasteiger charge is 2.30. The van der Waals surface area contributed by atoms with E-state index in [4.69, 9.17) is 23.2 Å². The van der Waals surface area contributed by atoms with Gasteiger partial charge in [0.15, 0.2) is 0 Å². The van der Waals surface area contributed by atoms with Gasteiger partial charge in [0.05, 0.1) is 16.8 Å². The summed E-state index contributed by atoms with van der Waals surface area (Å²) in [5.41, 5.74) is 7.11. The van der Waals surface area contributed by atoms with Crippen molar-refractivity contribution in [2.24, 2.45) is 5.10 Å². The molecule has 1 N–H and O–H groups in total. The number of anilines is 1. The molecule has 0 aliphatic carbocycles. The normalized spacial score (nSPS) is 15.4. The van der Waals surface area contributed by atoms with E-state index in [9.17, 15) is 4.79 Å². The molecule has 0 radical (unpaired) electrons. The van der Waals surface area contributed by atoms with Gasteiger partial charge in [-0.2, -0.15) is 5.10 Å². The van der Waals surface area contributed by atoms with Crippen LogP contribution >= 0.6 is 23.2 Å². The summed E-state index contributed by atoms with van der Waals surface area (Å²) in [7, 11) is 0. The third-order valence-electron chi connectivity index (χ3n) is 4.89. The van der Waals surface area contributed by atoms with Gasteiger partial charge in [0.1, 0.15) is 0 Å². The summed E-state index contributed by atoms with van der Waals surface area (Å²) in [6, 6.07) is 10.6. The predicted octanol–water partition coefficient (Wildman–Crippen LogP) is 5.78. The van der Waals surface area contributed by atoms with E-state index in [0.29, 0.717) is 15.6 Å². The van der Waals surface area contributed by atoms with Gasteiger partial charge < -0.3 is 4.90 Å². The quantitative estimate of drug-likeness (QED) is 0.507. The second-order valence-corrected chi connectivity index (χ2v) is 8.17. The van der Waals surface area contributed by atoms with E-state index in [1.807, 2.05) is 12.1 Å². The van der Waals surface area contributed by atoms with E-state index in [2.05, 4.69) is 49.2 Å². The minimum Gasteiger partial charge on any atom is -0.363 e. The van der Waals surface area contributed by atoms with Gasteiger partial charge in [-0.1, -0.05) is 29.3 Å². The van der Waals surface area contributed by atoms with Gasteiger partial charge >= 0.3 is 0 Å². The number of hydrazone groups is 1.